The van der Waals surface area contributed by atoms with Gasteiger partial charge in [-0.25, -0.2) is 0 Å². The average Bonchev–Trinajstić information content (AvgIpc) is 2.46. The number of nitrogens with zero attached hydrogens (tertiary/aromatic N) is 2. The van der Waals surface area contributed by atoms with Crippen LogP contribution in [-0.2, 0) is 0 Å². The zero-order valence-electron chi connectivity index (χ0n) is 11.6. The fourth-order valence-corrected chi connectivity index (χ4v) is 2.70. The van der Waals surface area contributed by atoms with E-state index < -0.39 is 16.4 Å². The molecule has 1 aliphatic rings. The Labute approximate surface area is 117 Å². The van der Waals surface area contributed by atoms with Gasteiger partial charge in [-0.1, -0.05) is 19.4 Å². The summed E-state index contributed by atoms with van der Waals surface area (Å²) in [7, 11) is 0. The second kappa shape index (κ2) is 6.76. The van der Waals surface area contributed by atoms with Crippen LogP contribution in [0.25, 0.3) is 0 Å². The van der Waals surface area contributed by atoms with E-state index >= 15 is 0 Å². The van der Waals surface area contributed by atoms with Crippen LogP contribution in [0.15, 0.2) is 18.2 Å². The molecule has 0 radical (unpaired) electrons. The van der Waals surface area contributed by atoms with E-state index in [4.69, 9.17) is 0 Å². The third-order valence-electron chi connectivity index (χ3n) is 3.71. The number of piperazine rings is 1. The fourth-order valence-electron chi connectivity index (χ4n) is 2.70. The average molecular weight is 281 g/mol. The summed E-state index contributed by atoms with van der Waals surface area (Å²) in [5, 5.41) is 14.2. The van der Waals surface area contributed by atoms with Gasteiger partial charge in [0.15, 0.2) is 0 Å². The van der Waals surface area contributed by atoms with Gasteiger partial charge in [-0.2, -0.15) is 4.39 Å². The number of nitrogens with one attached hydrogen (secondary N) is 1. The molecule has 6 heteroatoms. The zero-order valence-corrected chi connectivity index (χ0v) is 11.6. The van der Waals surface area contributed by atoms with Crippen LogP contribution in [-0.4, -0.2) is 36.0 Å². The molecule has 1 fully saturated rings. The molecule has 1 aromatic rings. The van der Waals surface area contributed by atoms with Crippen LogP contribution in [0, 0.1) is 15.9 Å². The van der Waals surface area contributed by atoms with E-state index in [0.29, 0.717) is 0 Å². The van der Waals surface area contributed by atoms with E-state index in [1.165, 1.54) is 12.1 Å². The minimum Gasteiger partial charge on any atom is -0.314 e. The highest BCUT2D eigenvalue weighted by molar-refractivity contribution is 5.37. The van der Waals surface area contributed by atoms with Gasteiger partial charge < -0.3 is 5.32 Å². The van der Waals surface area contributed by atoms with Crippen molar-refractivity contribution < 1.29 is 9.31 Å². The SMILES string of the molecule is CCC[C@H](c1ccc(F)c([N+](=O)[O-])c1)N1CCNCC1. The van der Waals surface area contributed by atoms with E-state index in [0.717, 1.165) is 44.6 Å². The molecule has 1 heterocycles. The molecule has 110 valence electrons. The number of nitro benzene ring substituents is 1. The summed E-state index contributed by atoms with van der Waals surface area (Å²) in [6, 6.07) is 4.39. The van der Waals surface area contributed by atoms with Gasteiger partial charge in [-0.15, -0.1) is 0 Å². The summed E-state index contributed by atoms with van der Waals surface area (Å²) in [5.74, 6) is -0.769. The fraction of sp³-hybridized carbons (Fsp3) is 0.571. The molecule has 0 saturated carbocycles. The van der Waals surface area contributed by atoms with Crippen molar-refractivity contribution in [1.82, 2.24) is 10.2 Å². The third kappa shape index (κ3) is 3.32. The van der Waals surface area contributed by atoms with Crippen molar-refractivity contribution >= 4 is 5.69 Å². The summed E-state index contributed by atoms with van der Waals surface area (Å²) >= 11 is 0. The maximum atomic E-state index is 13.4. The molecule has 1 saturated heterocycles. The number of nitro groups is 1. The molecule has 0 spiro atoms. The molecular weight excluding hydrogens is 261 g/mol. The second-order valence-corrected chi connectivity index (χ2v) is 5.06. The monoisotopic (exact) mass is 281 g/mol. The van der Waals surface area contributed by atoms with Crippen molar-refractivity contribution in [2.24, 2.45) is 0 Å². The number of rotatable bonds is 5. The van der Waals surface area contributed by atoms with E-state index in [9.17, 15) is 14.5 Å². The number of halogens is 1. The van der Waals surface area contributed by atoms with Gasteiger partial charge in [0.1, 0.15) is 0 Å². The molecule has 1 aromatic carbocycles. The number of hydrogen-bond donors (Lipinski definition) is 1. The molecule has 1 N–H and O–H groups in total. The Morgan fingerprint density at radius 3 is 2.75 bits per heavy atom. The zero-order chi connectivity index (χ0) is 14.5. The number of hydrogen-bond acceptors (Lipinski definition) is 4. The molecule has 0 aliphatic carbocycles. The Kier molecular flexibility index (Phi) is 5.03. The molecule has 0 bridgehead atoms. The predicted molar refractivity (Wildman–Crippen MR) is 75.1 cm³/mol. The standard InChI is InChI=1S/C14H20FN3O2/c1-2-3-13(17-8-6-16-7-9-17)11-4-5-12(15)14(10-11)18(19)20/h4-5,10,13,16H,2-3,6-9H2,1H3/t13-/m1/s1. The van der Waals surface area contributed by atoms with Crippen molar-refractivity contribution in [2.75, 3.05) is 26.2 Å². The van der Waals surface area contributed by atoms with Crippen molar-refractivity contribution in [2.45, 2.75) is 25.8 Å². The lowest BCUT2D eigenvalue weighted by molar-refractivity contribution is -0.387. The van der Waals surface area contributed by atoms with Crippen molar-refractivity contribution in [3.63, 3.8) is 0 Å². The minimum atomic E-state index is -0.769. The highest BCUT2D eigenvalue weighted by Crippen LogP contribution is 2.29. The molecule has 0 amide bonds. The van der Waals surface area contributed by atoms with Crippen LogP contribution in [0.1, 0.15) is 31.4 Å². The van der Waals surface area contributed by atoms with Crippen LogP contribution in [0.2, 0.25) is 0 Å². The Morgan fingerprint density at radius 2 is 2.15 bits per heavy atom. The Balaban J connectivity index is 2.28. The van der Waals surface area contributed by atoms with Crippen LogP contribution >= 0.6 is 0 Å². The van der Waals surface area contributed by atoms with E-state index in [1.54, 1.807) is 6.07 Å². The van der Waals surface area contributed by atoms with E-state index in [1.807, 2.05) is 0 Å². The summed E-state index contributed by atoms with van der Waals surface area (Å²) < 4.78 is 13.4. The molecule has 1 aliphatic heterocycles. The first-order valence-electron chi connectivity index (χ1n) is 7.02. The van der Waals surface area contributed by atoms with Gasteiger partial charge in [0, 0.05) is 38.3 Å². The Bertz CT molecular complexity index is 475. The van der Waals surface area contributed by atoms with Crippen LogP contribution in [0.3, 0.4) is 0 Å². The van der Waals surface area contributed by atoms with Crippen LogP contribution in [0.5, 0.6) is 0 Å². The maximum Gasteiger partial charge on any atom is 0.305 e. The first-order chi connectivity index (χ1) is 9.63. The second-order valence-electron chi connectivity index (χ2n) is 5.06. The quantitative estimate of drug-likeness (QED) is 0.665. The van der Waals surface area contributed by atoms with Crippen molar-refractivity contribution in [3.8, 4) is 0 Å². The minimum absolute atomic E-state index is 0.126. The molecule has 20 heavy (non-hydrogen) atoms. The van der Waals surface area contributed by atoms with Gasteiger partial charge >= 0.3 is 5.69 Å². The van der Waals surface area contributed by atoms with Crippen LogP contribution < -0.4 is 5.32 Å². The van der Waals surface area contributed by atoms with Gasteiger partial charge in [-0.05, 0) is 18.1 Å². The van der Waals surface area contributed by atoms with Gasteiger partial charge in [0.25, 0.3) is 0 Å². The van der Waals surface area contributed by atoms with Gasteiger partial charge in [0.05, 0.1) is 4.92 Å². The third-order valence-corrected chi connectivity index (χ3v) is 3.71. The molecule has 0 unspecified atom stereocenters. The molecule has 5 nitrogen and oxygen atoms in total. The molecule has 2 rings (SSSR count). The lowest BCUT2D eigenvalue weighted by atomic mass is 9.99. The van der Waals surface area contributed by atoms with Crippen molar-refractivity contribution in [1.29, 1.82) is 0 Å². The highest BCUT2D eigenvalue weighted by Gasteiger charge is 2.24. The largest absolute Gasteiger partial charge is 0.314 e. The molecule has 0 aromatic heterocycles. The van der Waals surface area contributed by atoms with Crippen molar-refractivity contribution in [3.05, 3.63) is 39.7 Å². The highest BCUT2D eigenvalue weighted by atomic mass is 19.1. The first-order valence-corrected chi connectivity index (χ1v) is 7.02. The lowest BCUT2D eigenvalue weighted by Gasteiger charge is -2.35. The summed E-state index contributed by atoms with van der Waals surface area (Å²) in [5.41, 5.74) is 0.403. The summed E-state index contributed by atoms with van der Waals surface area (Å²) in [6.07, 6.45) is 1.91. The Morgan fingerprint density at radius 1 is 1.45 bits per heavy atom. The Hall–Kier alpha value is -1.53. The normalized spacial score (nSPS) is 17.9. The topological polar surface area (TPSA) is 58.4 Å². The van der Waals surface area contributed by atoms with E-state index in [2.05, 4.69) is 17.1 Å². The predicted octanol–water partition coefficient (Wildman–Crippen LogP) is 2.48. The first kappa shape index (κ1) is 14.9. The summed E-state index contributed by atoms with van der Waals surface area (Å²) in [6.45, 7) is 5.76. The molecular formula is C14H20FN3O2. The van der Waals surface area contributed by atoms with Gasteiger partial charge in [0.2, 0.25) is 5.82 Å². The van der Waals surface area contributed by atoms with E-state index in [-0.39, 0.29) is 6.04 Å². The molecule has 1 atom stereocenters. The maximum absolute atomic E-state index is 13.4. The summed E-state index contributed by atoms with van der Waals surface area (Å²) in [4.78, 5) is 12.5. The van der Waals surface area contributed by atoms with Crippen LogP contribution in [0.4, 0.5) is 10.1 Å². The smallest absolute Gasteiger partial charge is 0.305 e. The van der Waals surface area contributed by atoms with Gasteiger partial charge in [-0.3, -0.25) is 15.0 Å². The lowest BCUT2D eigenvalue weighted by Crippen LogP contribution is -2.45. The number of benzene rings is 1.